The number of aromatic carboxylic acids is 1. The summed E-state index contributed by atoms with van der Waals surface area (Å²) < 4.78 is 0. The first kappa shape index (κ1) is 14.5. The van der Waals surface area contributed by atoms with Crippen molar-refractivity contribution in [3.05, 3.63) is 35.4 Å². The van der Waals surface area contributed by atoms with Crippen molar-refractivity contribution in [2.45, 2.75) is 32.4 Å². The normalized spacial score (nSPS) is 19.6. The zero-order chi connectivity index (χ0) is 14.5. The molecule has 2 rings (SSSR count). The molecule has 0 saturated carbocycles. The molecule has 0 bridgehead atoms. The van der Waals surface area contributed by atoms with Crippen LogP contribution in [0.1, 0.15) is 35.7 Å². The lowest BCUT2D eigenvalue weighted by Gasteiger charge is -2.33. The lowest BCUT2D eigenvalue weighted by atomic mass is 10.0. The molecule has 0 aliphatic carbocycles. The van der Waals surface area contributed by atoms with Crippen LogP contribution in [0.4, 0.5) is 0 Å². The number of likely N-dealkylation sites (tertiary alicyclic amines) is 1. The zero-order valence-corrected chi connectivity index (χ0v) is 11.6. The highest BCUT2D eigenvalue weighted by molar-refractivity contribution is 5.89. The summed E-state index contributed by atoms with van der Waals surface area (Å²) in [5.41, 5.74) is 1.18. The van der Waals surface area contributed by atoms with Crippen LogP contribution in [0.15, 0.2) is 24.3 Å². The van der Waals surface area contributed by atoms with Crippen LogP contribution in [0, 0.1) is 0 Å². The topological polar surface area (TPSA) is 69.6 Å². The van der Waals surface area contributed by atoms with Gasteiger partial charge in [-0.05, 0) is 31.0 Å². The molecule has 0 spiro atoms. The number of piperidine rings is 1. The smallest absolute Gasteiger partial charge is 0.336 e. The van der Waals surface area contributed by atoms with E-state index in [2.05, 4.69) is 10.2 Å². The van der Waals surface area contributed by atoms with E-state index in [9.17, 15) is 14.7 Å². The largest absolute Gasteiger partial charge is 0.478 e. The van der Waals surface area contributed by atoms with Crippen LogP contribution in [0.3, 0.4) is 0 Å². The SMILES string of the molecule is CC(=O)NC1CCCN(Cc2ccccc2C(=O)O)C1. The number of carboxylic acid groups (broad SMARTS) is 1. The number of carbonyl (C=O) groups is 2. The first-order valence-corrected chi connectivity index (χ1v) is 6.87. The van der Waals surface area contributed by atoms with Crippen molar-refractivity contribution in [2.75, 3.05) is 13.1 Å². The molecule has 0 aromatic heterocycles. The molecule has 2 N–H and O–H groups in total. The Labute approximate surface area is 118 Å². The molecule has 5 nitrogen and oxygen atoms in total. The molecule has 0 radical (unpaired) electrons. The monoisotopic (exact) mass is 276 g/mol. The molecule has 20 heavy (non-hydrogen) atoms. The number of nitrogens with one attached hydrogen (secondary N) is 1. The van der Waals surface area contributed by atoms with Crippen LogP contribution in [0.2, 0.25) is 0 Å². The van der Waals surface area contributed by atoms with E-state index >= 15 is 0 Å². The van der Waals surface area contributed by atoms with Crippen molar-refractivity contribution >= 4 is 11.9 Å². The van der Waals surface area contributed by atoms with E-state index in [1.165, 1.54) is 6.92 Å². The predicted octanol–water partition coefficient (Wildman–Crippen LogP) is 1.49. The molecule has 1 aliphatic heterocycles. The summed E-state index contributed by atoms with van der Waals surface area (Å²) in [4.78, 5) is 24.5. The number of amides is 1. The maximum absolute atomic E-state index is 11.2. The summed E-state index contributed by atoms with van der Waals surface area (Å²) in [5.74, 6) is -0.904. The van der Waals surface area contributed by atoms with Crippen LogP contribution < -0.4 is 5.32 Å². The third kappa shape index (κ3) is 3.81. The van der Waals surface area contributed by atoms with Gasteiger partial charge in [0, 0.05) is 26.1 Å². The van der Waals surface area contributed by atoms with E-state index in [-0.39, 0.29) is 11.9 Å². The number of benzene rings is 1. The lowest BCUT2D eigenvalue weighted by molar-refractivity contribution is -0.120. The fourth-order valence-electron chi connectivity index (χ4n) is 2.71. The Morgan fingerprint density at radius 1 is 1.40 bits per heavy atom. The summed E-state index contributed by atoms with van der Waals surface area (Å²) in [6.45, 7) is 3.84. The minimum atomic E-state index is -0.893. The fourth-order valence-corrected chi connectivity index (χ4v) is 2.71. The van der Waals surface area contributed by atoms with Gasteiger partial charge in [-0.2, -0.15) is 0 Å². The fraction of sp³-hybridized carbons (Fsp3) is 0.467. The van der Waals surface area contributed by atoms with Crippen molar-refractivity contribution in [3.63, 3.8) is 0 Å². The van der Waals surface area contributed by atoms with E-state index < -0.39 is 5.97 Å². The summed E-state index contributed by atoms with van der Waals surface area (Å²) in [7, 11) is 0. The van der Waals surface area contributed by atoms with Gasteiger partial charge in [0.1, 0.15) is 0 Å². The highest BCUT2D eigenvalue weighted by atomic mass is 16.4. The Bertz CT molecular complexity index is 502. The highest BCUT2D eigenvalue weighted by Gasteiger charge is 2.21. The second kappa shape index (κ2) is 6.52. The molecule has 1 aromatic carbocycles. The van der Waals surface area contributed by atoms with Gasteiger partial charge in [-0.15, -0.1) is 0 Å². The molecular weight excluding hydrogens is 256 g/mol. The van der Waals surface area contributed by atoms with Crippen molar-refractivity contribution < 1.29 is 14.7 Å². The molecule has 5 heteroatoms. The van der Waals surface area contributed by atoms with Gasteiger partial charge in [0.25, 0.3) is 0 Å². The molecule has 1 saturated heterocycles. The zero-order valence-electron chi connectivity index (χ0n) is 11.6. The Morgan fingerprint density at radius 3 is 2.85 bits per heavy atom. The van der Waals surface area contributed by atoms with E-state index in [0.29, 0.717) is 12.1 Å². The molecule has 1 atom stereocenters. The molecule has 1 unspecified atom stereocenters. The number of carboxylic acids is 1. The van der Waals surface area contributed by atoms with Crippen molar-refractivity contribution in [1.29, 1.82) is 0 Å². The molecule has 1 aromatic rings. The van der Waals surface area contributed by atoms with Gasteiger partial charge in [-0.3, -0.25) is 9.69 Å². The second-order valence-electron chi connectivity index (χ2n) is 5.24. The highest BCUT2D eigenvalue weighted by Crippen LogP contribution is 2.16. The first-order valence-electron chi connectivity index (χ1n) is 6.87. The predicted molar refractivity (Wildman–Crippen MR) is 75.5 cm³/mol. The lowest BCUT2D eigenvalue weighted by Crippen LogP contribution is -2.46. The van der Waals surface area contributed by atoms with E-state index in [4.69, 9.17) is 0 Å². The molecule has 1 heterocycles. The third-order valence-electron chi connectivity index (χ3n) is 3.55. The maximum atomic E-state index is 11.2. The van der Waals surface area contributed by atoms with E-state index in [0.717, 1.165) is 31.5 Å². The molecular formula is C15H20N2O3. The summed E-state index contributed by atoms with van der Waals surface area (Å²) in [6.07, 6.45) is 2.00. The number of carbonyl (C=O) groups excluding carboxylic acids is 1. The van der Waals surface area contributed by atoms with Gasteiger partial charge >= 0.3 is 5.97 Å². The summed E-state index contributed by atoms with van der Waals surface area (Å²) in [5, 5.41) is 12.1. The summed E-state index contributed by atoms with van der Waals surface area (Å²) in [6, 6.07) is 7.25. The van der Waals surface area contributed by atoms with Crippen LogP contribution in [-0.4, -0.2) is 41.0 Å². The number of rotatable bonds is 4. The van der Waals surface area contributed by atoms with E-state index in [1.54, 1.807) is 12.1 Å². The number of nitrogens with zero attached hydrogens (tertiary/aromatic N) is 1. The standard InChI is InChI=1S/C15H20N2O3/c1-11(18)16-13-6-4-8-17(10-13)9-12-5-2-3-7-14(12)15(19)20/h2-3,5,7,13H,4,6,8-10H2,1H3,(H,16,18)(H,19,20). The first-order chi connectivity index (χ1) is 9.56. The number of hydrogen-bond donors (Lipinski definition) is 2. The van der Waals surface area contributed by atoms with E-state index in [1.807, 2.05) is 12.1 Å². The number of hydrogen-bond acceptors (Lipinski definition) is 3. The Morgan fingerprint density at radius 2 is 2.15 bits per heavy atom. The third-order valence-corrected chi connectivity index (χ3v) is 3.55. The van der Waals surface area contributed by atoms with Gasteiger partial charge in [0.05, 0.1) is 5.56 Å². The molecule has 1 fully saturated rings. The summed E-state index contributed by atoms with van der Waals surface area (Å²) >= 11 is 0. The minimum absolute atomic E-state index is 0.0113. The van der Waals surface area contributed by atoms with Gasteiger partial charge in [-0.25, -0.2) is 4.79 Å². The van der Waals surface area contributed by atoms with Crippen LogP contribution >= 0.6 is 0 Å². The van der Waals surface area contributed by atoms with Crippen LogP contribution in [-0.2, 0) is 11.3 Å². The Balaban J connectivity index is 2.02. The quantitative estimate of drug-likeness (QED) is 0.874. The van der Waals surface area contributed by atoms with Crippen molar-refractivity contribution in [2.24, 2.45) is 0 Å². The Hall–Kier alpha value is -1.88. The van der Waals surface area contributed by atoms with Gasteiger partial charge in [0.2, 0.25) is 5.91 Å². The van der Waals surface area contributed by atoms with Crippen LogP contribution in [0.25, 0.3) is 0 Å². The van der Waals surface area contributed by atoms with Gasteiger partial charge in [-0.1, -0.05) is 18.2 Å². The van der Waals surface area contributed by atoms with Crippen molar-refractivity contribution in [3.8, 4) is 0 Å². The van der Waals surface area contributed by atoms with Gasteiger partial charge in [0.15, 0.2) is 0 Å². The second-order valence-corrected chi connectivity index (χ2v) is 5.24. The molecule has 1 amide bonds. The maximum Gasteiger partial charge on any atom is 0.336 e. The van der Waals surface area contributed by atoms with Crippen molar-refractivity contribution in [1.82, 2.24) is 10.2 Å². The minimum Gasteiger partial charge on any atom is -0.478 e. The molecule has 108 valence electrons. The molecule has 1 aliphatic rings. The van der Waals surface area contributed by atoms with Crippen LogP contribution in [0.5, 0.6) is 0 Å². The average molecular weight is 276 g/mol. The Kier molecular flexibility index (Phi) is 4.74. The van der Waals surface area contributed by atoms with Gasteiger partial charge < -0.3 is 10.4 Å². The average Bonchev–Trinajstić information content (AvgIpc) is 2.38.